The first kappa shape index (κ1) is 21.3. The molecule has 2 nitrogen and oxygen atoms in total. The van der Waals surface area contributed by atoms with Crippen LogP contribution in [0.4, 0.5) is 17.6 Å². The summed E-state index contributed by atoms with van der Waals surface area (Å²) in [6.07, 6.45) is -5.42. The van der Waals surface area contributed by atoms with Crippen LogP contribution in [0.3, 0.4) is 0 Å². The van der Waals surface area contributed by atoms with Crippen LogP contribution in [0.5, 0.6) is 0 Å². The second-order valence-corrected chi connectivity index (χ2v) is 6.79. The maximum atomic E-state index is 14.5. The van der Waals surface area contributed by atoms with Gasteiger partial charge < -0.3 is 10.2 Å². The molecule has 0 saturated heterocycles. The van der Waals surface area contributed by atoms with Crippen LogP contribution in [0.15, 0.2) is 44.6 Å². The molecule has 0 spiro atoms. The lowest BCUT2D eigenvalue weighted by Crippen LogP contribution is -2.28. The molecule has 1 aliphatic rings. The maximum absolute atomic E-state index is 14.5. The fourth-order valence-corrected chi connectivity index (χ4v) is 3.22. The van der Waals surface area contributed by atoms with Gasteiger partial charge in [0.05, 0.1) is 12.2 Å². The van der Waals surface area contributed by atoms with Crippen molar-refractivity contribution in [1.29, 1.82) is 0 Å². The van der Waals surface area contributed by atoms with Crippen molar-refractivity contribution in [2.45, 2.75) is 32.6 Å². The Bertz CT molecular complexity index is 608. The summed E-state index contributed by atoms with van der Waals surface area (Å²) in [4.78, 5) is 0. The average molecular weight is 434 g/mol. The molecule has 0 aromatic rings. The number of hydrogen-bond donors (Lipinski definition) is 2. The van der Waals surface area contributed by atoms with Crippen molar-refractivity contribution in [2.75, 3.05) is 6.61 Å². The summed E-state index contributed by atoms with van der Waals surface area (Å²) in [5, 5.41) is 19.1. The van der Waals surface area contributed by atoms with Gasteiger partial charge in [0.25, 0.3) is 0 Å². The van der Waals surface area contributed by atoms with E-state index in [1.165, 1.54) is 6.92 Å². The number of allylic oxidation sites excluding steroid dienone is 5. The molecule has 0 aromatic heterocycles. The van der Waals surface area contributed by atoms with Crippen molar-refractivity contribution in [3.8, 4) is 0 Å². The Balaban J connectivity index is 3.57. The predicted molar refractivity (Wildman–Crippen MR) is 89.7 cm³/mol. The molecule has 136 valence electrons. The zero-order chi connectivity index (χ0) is 18.8. The van der Waals surface area contributed by atoms with Crippen molar-refractivity contribution in [1.82, 2.24) is 0 Å². The lowest BCUT2D eigenvalue weighted by Gasteiger charge is -2.31. The van der Waals surface area contributed by atoms with E-state index in [1.807, 2.05) is 0 Å². The summed E-state index contributed by atoms with van der Waals surface area (Å²) in [6.45, 7) is 5.48. The van der Waals surface area contributed by atoms with Crippen LogP contribution in [0.2, 0.25) is 0 Å². The van der Waals surface area contributed by atoms with Gasteiger partial charge in [0.15, 0.2) is 0 Å². The molecular weight excluding hydrogens is 416 g/mol. The molecule has 0 bridgehead atoms. The highest BCUT2D eigenvalue weighted by Gasteiger charge is 2.39. The molecule has 2 N–H and O–H groups in total. The van der Waals surface area contributed by atoms with Crippen molar-refractivity contribution in [3.63, 3.8) is 0 Å². The first-order chi connectivity index (χ1) is 11.0. The molecule has 0 fully saturated rings. The van der Waals surface area contributed by atoms with Crippen LogP contribution in [0.25, 0.3) is 0 Å². The highest BCUT2D eigenvalue weighted by atomic mass is 79.9. The van der Waals surface area contributed by atoms with Crippen molar-refractivity contribution >= 4 is 27.5 Å². The Labute approximate surface area is 151 Å². The molecule has 0 saturated carbocycles. The normalized spacial score (nSPS) is 24.5. The SMILES string of the molecule is C=C(Cl)/C(=C\C(CC)C1=C(CO)C(F)[C@@H](C)C(Br)=C1O)C(F)(F)F. The Kier molecular flexibility index (Phi) is 7.14. The number of rotatable bonds is 5. The van der Waals surface area contributed by atoms with Gasteiger partial charge in [-0.1, -0.05) is 54.0 Å². The molecule has 0 aromatic carbocycles. The Hall–Kier alpha value is -0.790. The summed E-state index contributed by atoms with van der Waals surface area (Å²) >= 11 is 8.53. The van der Waals surface area contributed by atoms with Crippen LogP contribution in [0, 0.1) is 11.8 Å². The van der Waals surface area contributed by atoms with Gasteiger partial charge in [0.1, 0.15) is 11.9 Å². The van der Waals surface area contributed by atoms with Crippen molar-refractivity contribution in [2.24, 2.45) is 11.8 Å². The molecular formula is C16H18BrClF4O2. The molecule has 3 atom stereocenters. The second kappa shape index (κ2) is 8.06. The zero-order valence-electron chi connectivity index (χ0n) is 13.1. The van der Waals surface area contributed by atoms with Crippen LogP contribution in [0.1, 0.15) is 20.3 Å². The third-order valence-corrected chi connectivity index (χ3v) is 5.25. The molecule has 0 aliphatic heterocycles. The molecule has 0 radical (unpaired) electrons. The number of alkyl halides is 4. The lowest BCUT2D eigenvalue weighted by atomic mass is 9.80. The largest absolute Gasteiger partial charge is 0.507 e. The van der Waals surface area contributed by atoms with Gasteiger partial charge in [-0.25, -0.2) is 4.39 Å². The third kappa shape index (κ3) is 4.24. The van der Waals surface area contributed by atoms with Crippen molar-refractivity contribution < 1.29 is 27.8 Å². The van der Waals surface area contributed by atoms with E-state index in [9.17, 15) is 27.8 Å². The first-order valence-corrected chi connectivity index (χ1v) is 8.35. The minimum absolute atomic E-state index is 0.0582. The van der Waals surface area contributed by atoms with Gasteiger partial charge in [-0.2, -0.15) is 13.2 Å². The Morgan fingerprint density at radius 2 is 2.00 bits per heavy atom. The average Bonchev–Trinajstić information content (AvgIpc) is 2.48. The predicted octanol–water partition coefficient (Wildman–Crippen LogP) is 5.70. The van der Waals surface area contributed by atoms with Crippen LogP contribution in [-0.2, 0) is 0 Å². The number of aliphatic hydroxyl groups is 2. The van der Waals surface area contributed by atoms with Crippen LogP contribution < -0.4 is 0 Å². The number of hydrogen-bond acceptors (Lipinski definition) is 2. The van der Waals surface area contributed by atoms with E-state index in [0.29, 0.717) is 0 Å². The minimum atomic E-state index is -4.74. The van der Waals surface area contributed by atoms with Gasteiger partial charge in [-0.3, -0.25) is 0 Å². The Morgan fingerprint density at radius 1 is 1.46 bits per heavy atom. The van der Waals surface area contributed by atoms with Crippen LogP contribution in [-0.4, -0.2) is 29.2 Å². The molecule has 24 heavy (non-hydrogen) atoms. The fourth-order valence-electron chi connectivity index (χ4n) is 2.61. The summed E-state index contributed by atoms with van der Waals surface area (Å²) in [7, 11) is 0. The van der Waals surface area contributed by atoms with E-state index >= 15 is 0 Å². The molecule has 1 rings (SSSR count). The highest BCUT2D eigenvalue weighted by Crippen LogP contribution is 2.43. The standard InChI is InChI=1S/C16H18BrClF4O2/c1-4-9(5-11(8(3)18)16(20,21)22)12-10(6-23)14(19)7(2)13(17)15(12)24/h5,7,9,14,23-24H,3-4,6H2,1-2H3/b11-5+/t7-,9?,14?/m0/s1. The molecule has 1 aliphatic carbocycles. The van der Waals surface area contributed by atoms with Gasteiger partial charge >= 0.3 is 6.18 Å². The molecule has 8 heteroatoms. The van der Waals surface area contributed by atoms with Gasteiger partial charge in [0, 0.05) is 26.9 Å². The summed E-state index contributed by atoms with van der Waals surface area (Å²) in [5.41, 5.74) is -1.34. The summed E-state index contributed by atoms with van der Waals surface area (Å²) in [6, 6.07) is 0. The van der Waals surface area contributed by atoms with Crippen LogP contribution >= 0.6 is 27.5 Å². The lowest BCUT2D eigenvalue weighted by molar-refractivity contribution is -0.0890. The van der Waals surface area contributed by atoms with E-state index in [4.69, 9.17) is 11.6 Å². The molecule has 2 unspecified atom stereocenters. The van der Waals surface area contributed by atoms with Crippen molar-refractivity contribution in [3.05, 3.63) is 44.6 Å². The fraction of sp³-hybridized carbons (Fsp3) is 0.500. The summed E-state index contributed by atoms with van der Waals surface area (Å²) < 4.78 is 53.9. The van der Waals surface area contributed by atoms with Gasteiger partial charge in [-0.05, 0) is 12.0 Å². The van der Waals surface area contributed by atoms with Gasteiger partial charge in [0.2, 0.25) is 0 Å². The minimum Gasteiger partial charge on any atom is -0.507 e. The molecule has 0 amide bonds. The summed E-state index contributed by atoms with van der Waals surface area (Å²) in [5.74, 6) is -2.09. The second-order valence-electron chi connectivity index (χ2n) is 5.48. The van der Waals surface area contributed by atoms with Gasteiger partial charge in [-0.15, -0.1) is 0 Å². The smallest absolute Gasteiger partial charge is 0.417 e. The zero-order valence-corrected chi connectivity index (χ0v) is 15.4. The number of halogens is 6. The highest BCUT2D eigenvalue weighted by molar-refractivity contribution is 9.11. The van der Waals surface area contributed by atoms with E-state index in [0.717, 1.165) is 6.08 Å². The topological polar surface area (TPSA) is 40.5 Å². The third-order valence-electron chi connectivity index (χ3n) is 3.95. The van der Waals surface area contributed by atoms with E-state index < -0.39 is 41.4 Å². The maximum Gasteiger partial charge on any atom is 0.417 e. The Morgan fingerprint density at radius 3 is 2.38 bits per heavy atom. The monoisotopic (exact) mass is 432 g/mol. The van der Waals surface area contributed by atoms with E-state index in [-0.39, 0.29) is 27.8 Å². The van der Waals surface area contributed by atoms with E-state index in [2.05, 4.69) is 22.5 Å². The van der Waals surface area contributed by atoms with E-state index in [1.54, 1.807) is 6.92 Å². The molecule has 0 heterocycles. The quantitative estimate of drug-likeness (QED) is 0.432. The number of aliphatic hydroxyl groups excluding tert-OH is 2. The first-order valence-electron chi connectivity index (χ1n) is 7.17.